The molecule has 17 aromatic rings. The number of nitrogens with zero attached hydrogens (tertiary/aromatic N) is 14. The Kier molecular flexibility index (Phi) is 34.1. The predicted molar refractivity (Wildman–Crippen MR) is 558 cm³/mol. The first-order valence-corrected chi connectivity index (χ1v) is 58.9. The number of thiophene rings is 3. The summed E-state index contributed by atoms with van der Waals surface area (Å²) in [5, 5.41) is 21.8. The molecule has 0 unspecified atom stereocenters. The van der Waals surface area contributed by atoms with E-state index in [4.69, 9.17) is 28.6 Å². The van der Waals surface area contributed by atoms with Crippen LogP contribution in [-0.2, 0) is 91.8 Å². The van der Waals surface area contributed by atoms with Crippen molar-refractivity contribution in [3.63, 3.8) is 0 Å². The van der Waals surface area contributed by atoms with Crippen LogP contribution in [-0.4, -0.2) is 168 Å². The van der Waals surface area contributed by atoms with Crippen LogP contribution < -0.4 is 24.0 Å². The molecule has 738 valence electrons. The van der Waals surface area contributed by atoms with Crippen molar-refractivity contribution in [2.75, 3.05) is 67.0 Å². The zero-order chi connectivity index (χ0) is 101. The quantitative estimate of drug-likeness (QED) is 0.0537. The highest BCUT2D eigenvalue weighted by Gasteiger charge is 2.37. The molecule has 2 aliphatic heterocycles. The highest BCUT2D eigenvalue weighted by atomic mass is 32.2. The molecule has 144 heavy (non-hydrogen) atoms. The van der Waals surface area contributed by atoms with Crippen LogP contribution in [0, 0.1) is 17.3 Å². The van der Waals surface area contributed by atoms with Crippen LogP contribution in [0.4, 0.5) is 11.6 Å². The van der Waals surface area contributed by atoms with E-state index in [0.717, 1.165) is 109 Å². The Morgan fingerprint density at radius 2 is 0.812 bits per heavy atom. The summed E-state index contributed by atoms with van der Waals surface area (Å²) in [6, 6.07) is 69.1. The van der Waals surface area contributed by atoms with Gasteiger partial charge in [-0.3, -0.25) is 15.0 Å². The Bertz CT molecular complexity index is 7670. The first-order valence-electron chi connectivity index (χ1n) is 44.9. The molecule has 10 aromatic heterocycles. The van der Waals surface area contributed by atoms with Gasteiger partial charge in [0.1, 0.15) is 55.0 Å². The van der Waals surface area contributed by atoms with Crippen molar-refractivity contribution < 1.29 is 69.1 Å². The van der Waals surface area contributed by atoms with E-state index in [9.17, 15) is 50.5 Å². The standard InChI is InChI=1S/C20H25N3O2S.C20H19N3O2S.C17H12N2O2S2.C16H14N2O4S.2C16H14N2O3S2/c1-26(24,25)17-6-4-16(5-7-17)18-14-21-15-19(22-18)23-12-10-20(11-13-23)8-2-3-9-20;1-26(24,25)18-8-6-16(7-9-18)19-12-21-13-20(22-19)23-11-10-15-4-2-3-5-17(15)14-23;1-23(20,21)16-8-4-13(5-9-16)17-12-18-11-14(19-17)6-7-15-3-2-10-22-15;1-23(19,20)15-6-4-12(5-7-15)16-9-14(10-17-18-16)22-11-13-3-2-8-21-13;1-23(19,20)15-6-4-12(5-7-15)13-9-16(18-17-10-13)21-11-14-3-2-8-22-14;1-23(19,20)14-6-4-12(5-7-14)15-9-16(18-11-17-15)21-10-13-3-2-8-22-13/h4-7,14-15H,2-3,8-13H2,1H3;2-9,12-13H,10-11,14H2,1H3;2-5,8-12H,1H3;2*2-10H,11H2,1H3;2-9,11H,10H2,1H3. The topological polar surface area (TPSA) is 407 Å². The van der Waals surface area contributed by atoms with E-state index in [1.807, 2.05) is 64.8 Å². The molecule has 30 nitrogen and oxygen atoms in total. The van der Waals surface area contributed by atoms with Crippen LogP contribution >= 0.6 is 34.0 Å². The lowest BCUT2D eigenvalue weighted by Gasteiger charge is -2.39. The number of hydrogen-bond donors (Lipinski definition) is 0. The fourth-order valence-electron chi connectivity index (χ4n) is 15.5. The Morgan fingerprint density at radius 3 is 1.29 bits per heavy atom. The molecule has 1 saturated heterocycles. The number of anilines is 2. The lowest BCUT2D eigenvalue weighted by Crippen LogP contribution is -2.39. The van der Waals surface area contributed by atoms with Crippen molar-refractivity contribution in [3.05, 3.63) is 352 Å². The second-order valence-corrected chi connectivity index (χ2v) is 49.0. The molecule has 3 aliphatic rings. The van der Waals surface area contributed by atoms with E-state index < -0.39 is 59.0 Å². The fraction of sp³-hybridized carbons (Fsp3) is 0.200. The number of sulfone groups is 6. The largest absolute Gasteiger partial charge is 0.484 e. The lowest BCUT2D eigenvalue weighted by atomic mass is 9.77. The van der Waals surface area contributed by atoms with Gasteiger partial charge < -0.3 is 28.4 Å². The van der Waals surface area contributed by atoms with Crippen molar-refractivity contribution in [3.8, 4) is 96.8 Å². The van der Waals surface area contributed by atoms with Crippen molar-refractivity contribution in [2.45, 2.75) is 101 Å². The van der Waals surface area contributed by atoms with Gasteiger partial charge in [0.05, 0.1) is 119 Å². The highest BCUT2D eigenvalue weighted by Crippen LogP contribution is 2.47. The van der Waals surface area contributed by atoms with Gasteiger partial charge in [-0.15, -0.1) is 39.1 Å². The lowest BCUT2D eigenvalue weighted by molar-refractivity contribution is 0.226. The molecule has 1 aliphatic carbocycles. The summed E-state index contributed by atoms with van der Waals surface area (Å²) in [5.74, 6) is 9.95. The second-order valence-electron chi connectivity index (χ2n) is 33.9. The molecule has 12 heterocycles. The summed E-state index contributed by atoms with van der Waals surface area (Å²) in [6.07, 6.45) is 32.6. The molecule has 2 fully saturated rings. The summed E-state index contributed by atoms with van der Waals surface area (Å²) in [7, 11) is -19.2. The zero-order valence-corrected chi connectivity index (χ0v) is 86.2. The number of aromatic nitrogens is 12. The Hall–Kier alpha value is -14.3. The normalized spacial score (nSPS) is 13.3. The number of rotatable bonds is 23. The molecule has 0 radical (unpaired) electrons. The molecular weight excluding hydrogens is 2000 g/mol. The van der Waals surface area contributed by atoms with Crippen molar-refractivity contribution in [1.82, 2.24) is 60.3 Å². The maximum absolute atomic E-state index is 11.6. The van der Waals surface area contributed by atoms with Gasteiger partial charge in [0.25, 0.3) is 0 Å². The zero-order valence-electron chi connectivity index (χ0n) is 78.9. The third kappa shape index (κ3) is 29.7. The van der Waals surface area contributed by atoms with Crippen LogP contribution in [0.25, 0.3) is 67.4 Å². The molecule has 0 N–H and O–H groups in total. The molecule has 1 saturated carbocycles. The maximum Gasteiger partial charge on any atom is 0.234 e. The van der Waals surface area contributed by atoms with Crippen LogP contribution in [0.1, 0.15) is 75.7 Å². The van der Waals surface area contributed by atoms with Gasteiger partial charge in [0, 0.05) is 125 Å². The minimum atomic E-state index is -3.21. The summed E-state index contributed by atoms with van der Waals surface area (Å²) >= 11 is 4.81. The number of benzene rings is 7. The van der Waals surface area contributed by atoms with E-state index in [1.54, 1.807) is 247 Å². The van der Waals surface area contributed by atoms with E-state index >= 15 is 0 Å². The monoisotopic (exact) mass is 2100 g/mol. The highest BCUT2D eigenvalue weighted by molar-refractivity contribution is 7.92. The number of ether oxygens (including phenoxy) is 3. The van der Waals surface area contributed by atoms with Crippen molar-refractivity contribution in [2.24, 2.45) is 5.41 Å². The van der Waals surface area contributed by atoms with E-state index in [2.05, 4.69) is 96.2 Å². The smallest absolute Gasteiger partial charge is 0.234 e. The van der Waals surface area contributed by atoms with Gasteiger partial charge in [-0.05, 0) is 185 Å². The van der Waals surface area contributed by atoms with E-state index in [0.29, 0.717) is 81.1 Å². The summed E-state index contributed by atoms with van der Waals surface area (Å²) in [5.41, 5.74) is 13.1. The van der Waals surface area contributed by atoms with Crippen molar-refractivity contribution in [1.29, 1.82) is 0 Å². The number of piperidine rings is 1. The third-order valence-corrected chi connectivity index (χ3v) is 32.5. The minimum absolute atomic E-state index is 0.263. The number of fused-ring (bicyclic) bond motifs is 1. The fourth-order valence-corrected chi connectivity index (χ4v) is 21.1. The first kappa shape index (κ1) is 104. The van der Waals surface area contributed by atoms with E-state index in [-0.39, 0.29) is 19.6 Å². The Morgan fingerprint density at radius 1 is 0.361 bits per heavy atom. The molecule has 20 rings (SSSR count). The Balaban J connectivity index is 0.000000130. The summed E-state index contributed by atoms with van der Waals surface area (Å²) < 4.78 is 160. The molecular formula is C105H98N14O16S9. The number of furan rings is 1. The number of hydrogen-bond acceptors (Lipinski definition) is 33. The maximum atomic E-state index is 11.6. The van der Waals surface area contributed by atoms with Crippen LogP contribution in [0.3, 0.4) is 0 Å². The second kappa shape index (κ2) is 47.2. The summed E-state index contributed by atoms with van der Waals surface area (Å²) in [4.78, 5) is 44.7. The Labute approximate surface area is 849 Å². The molecule has 1 spiro atoms. The van der Waals surface area contributed by atoms with Crippen molar-refractivity contribution >= 4 is 105 Å². The van der Waals surface area contributed by atoms with Gasteiger partial charge in [-0.1, -0.05) is 128 Å². The minimum Gasteiger partial charge on any atom is -0.484 e. The summed E-state index contributed by atoms with van der Waals surface area (Å²) in [6.45, 7) is 5.02. The van der Waals surface area contributed by atoms with Crippen LogP contribution in [0.15, 0.2) is 349 Å². The van der Waals surface area contributed by atoms with Gasteiger partial charge in [0.2, 0.25) is 11.8 Å². The molecule has 0 atom stereocenters. The molecule has 0 bridgehead atoms. The van der Waals surface area contributed by atoms with E-state index in [1.165, 1.54) is 99.7 Å². The SMILES string of the molecule is CS(=O)(=O)c1ccc(-c2cc(OCc3ccco3)cnn2)cc1.CS(=O)(=O)c1ccc(-c2cc(OCc3cccs3)ncn2)cc1.CS(=O)(=O)c1ccc(-c2cncc(C#Cc3cccs3)n2)cc1.CS(=O)(=O)c1ccc(-c2cncc(N3CCC4(CCCC4)CC3)n2)cc1.CS(=O)(=O)c1ccc(-c2cncc(N3CCc4ccccc4C3)n2)cc1.CS(=O)(=O)c1ccc(-c2cnnc(OCc3cccs3)c2)cc1. The molecule has 0 amide bonds. The van der Waals surface area contributed by atoms with Gasteiger partial charge in [0.15, 0.2) is 59.0 Å². The first-order chi connectivity index (χ1) is 69.0. The van der Waals surface area contributed by atoms with Gasteiger partial charge >= 0.3 is 0 Å². The third-order valence-electron chi connectivity index (χ3n) is 23.2. The predicted octanol–water partition coefficient (Wildman–Crippen LogP) is 18.9. The van der Waals surface area contributed by atoms with Gasteiger partial charge in [-0.25, -0.2) is 75.4 Å². The van der Waals surface area contributed by atoms with Crippen LogP contribution in [0.2, 0.25) is 0 Å². The average molecular weight is 2100 g/mol. The van der Waals surface area contributed by atoms with Gasteiger partial charge in [-0.2, -0.15) is 15.3 Å². The average Bonchev–Trinajstić information content (AvgIpc) is 1.64. The van der Waals surface area contributed by atoms with Crippen LogP contribution in [0.5, 0.6) is 17.5 Å². The molecule has 39 heteroatoms. The molecule has 7 aromatic carbocycles.